The predicted octanol–water partition coefficient (Wildman–Crippen LogP) is 4.56. The summed E-state index contributed by atoms with van der Waals surface area (Å²) in [4.78, 5) is 18.7. The van der Waals surface area contributed by atoms with E-state index in [-0.39, 0.29) is 5.43 Å². The van der Waals surface area contributed by atoms with Crippen molar-refractivity contribution in [3.8, 4) is 0 Å². The Morgan fingerprint density at radius 2 is 1.93 bits per heavy atom. The molecule has 0 bridgehead atoms. The molecule has 2 aromatic heterocycles. The summed E-state index contributed by atoms with van der Waals surface area (Å²) >= 11 is 6.26. The SMILES string of the molecule is Cc1c[nH]c2c(CNCCCNc3cc(=O)c4ccccc4[nH]3)cc(Cl)cc12. The van der Waals surface area contributed by atoms with E-state index in [0.29, 0.717) is 5.39 Å². The average Bonchev–Trinajstić information content (AvgIpc) is 3.05. The Morgan fingerprint density at radius 1 is 1.07 bits per heavy atom. The molecule has 144 valence electrons. The Kier molecular flexibility index (Phi) is 5.37. The maximum absolute atomic E-state index is 12.1. The number of halogens is 1. The highest BCUT2D eigenvalue weighted by Gasteiger charge is 2.07. The average molecular weight is 395 g/mol. The molecule has 0 atom stereocenters. The zero-order chi connectivity index (χ0) is 19.5. The number of fused-ring (bicyclic) bond motifs is 2. The number of aromatic amines is 2. The number of aromatic nitrogens is 2. The normalized spacial score (nSPS) is 11.4. The lowest BCUT2D eigenvalue weighted by Crippen LogP contribution is -2.18. The number of hydrogen-bond acceptors (Lipinski definition) is 3. The maximum Gasteiger partial charge on any atom is 0.191 e. The summed E-state index contributed by atoms with van der Waals surface area (Å²) in [5.74, 6) is 0.752. The van der Waals surface area contributed by atoms with Crippen LogP contribution in [0, 0.1) is 6.92 Å². The van der Waals surface area contributed by atoms with Gasteiger partial charge in [-0.25, -0.2) is 0 Å². The van der Waals surface area contributed by atoms with Crippen LogP contribution in [-0.2, 0) is 6.54 Å². The molecule has 0 aliphatic carbocycles. The van der Waals surface area contributed by atoms with Crippen molar-refractivity contribution in [2.45, 2.75) is 19.9 Å². The molecular weight excluding hydrogens is 372 g/mol. The van der Waals surface area contributed by atoms with Gasteiger partial charge >= 0.3 is 0 Å². The van der Waals surface area contributed by atoms with Crippen molar-refractivity contribution in [1.29, 1.82) is 0 Å². The van der Waals surface area contributed by atoms with Gasteiger partial charge in [-0.2, -0.15) is 0 Å². The molecule has 0 unspecified atom stereocenters. The van der Waals surface area contributed by atoms with E-state index in [9.17, 15) is 4.79 Å². The minimum atomic E-state index is 0.0289. The molecule has 0 aliphatic rings. The molecular formula is C22H23ClN4O. The lowest BCUT2D eigenvalue weighted by molar-refractivity contribution is 0.664. The highest BCUT2D eigenvalue weighted by molar-refractivity contribution is 6.31. The van der Waals surface area contributed by atoms with Gasteiger partial charge < -0.3 is 20.6 Å². The lowest BCUT2D eigenvalue weighted by atomic mass is 10.1. The largest absolute Gasteiger partial charge is 0.371 e. The van der Waals surface area contributed by atoms with Gasteiger partial charge in [0.05, 0.1) is 11.0 Å². The summed E-state index contributed by atoms with van der Waals surface area (Å²) in [5.41, 5.74) is 4.39. The summed E-state index contributed by atoms with van der Waals surface area (Å²) in [6.45, 7) is 4.46. The number of para-hydroxylation sites is 1. The summed E-state index contributed by atoms with van der Waals surface area (Å²) < 4.78 is 0. The fraction of sp³-hybridized carbons (Fsp3) is 0.227. The van der Waals surface area contributed by atoms with Gasteiger partial charge in [0.2, 0.25) is 0 Å². The second-order valence-corrected chi connectivity index (χ2v) is 7.45. The zero-order valence-corrected chi connectivity index (χ0v) is 16.5. The molecule has 4 rings (SSSR count). The topological polar surface area (TPSA) is 72.7 Å². The van der Waals surface area contributed by atoms with Crippen LogP contribution >= 0.6 is 11.6 Å². The first-order valence-electron chi connectivity index (χ1n) is 9.44. The molecule has 0 radical (unpaired) electrons. The van der Waals surface area contributed by atoms with Crippen molar-refractivity contribution in [1.82, 2.24) is 15.3 Å². The summed E-state index contributed by atoms with van der Waals surface area (Å²) in [6, 6.07) is 13.2. The van der Waals surface area contributed by atoms with Crippen molar-refractivity contribution in [3.63, 3.8) is 0 Å². The minimum absolute atomic E-state index is 0.0289. The third kappa shape index (κ3) is 3.91. The first kappa shape index (κ1) is 18.6. The molecule has 5 nitrogen and oxygen atoms in total. The van der Waals surface area contributed by atoms with E-state index in [1.807, 2.05) is 42.6 Å². The molecule has 4 N–H and O–H groups in total. The molecule has 0 spiro atoms. The van der Waals surface area contributed by atoms with Gasteiger partial charge in [0.1, 0.15) is 5.82 Å². The number of nitrogens with one attached hydrogen (secondary N) is 4. The zero-order valence-electron chi connectivity index (χ0n) is 15.7. The molecule has 0 fully saturated rings. The van der Waals surface area contributed by atoms with Gasteiger partial charge in [-0.15, -0.1) is 0 Å². The summed E-state index contributed by atoms with van der Waals surface area (Å²) in [7, 11) is 0. The number of hydrogen-bond donors (Lipinski definition) is 4. The van der Waals surface area contributed by atoms with Crippen molar-refractivity contribution < 1.29 is 0 Å². The predicted molar refractivity (Wildman–Crippen MR) is 117 cm³/mol. The minimum Gasteiger partial charge on any atom is -0.371 e. The lowest BCUT2D eigenvalue weighted by Gasteiger charge is -2.09. The van der Waals surface area contributed by atoms with Crippen LogP contribution < -0.4 is 16.1 Å². The summed E-state index contributed by atoms with van der Waals surface area (Å²) in [6.07, 6.45) is 2.95. The van der Waals surface area contributed by atoms with Crippen LogP contribution in [0.4, 0.5) is 5.82 Å². The van der Waals surface area contributed by atoms with Gasteiger partial charge in [-0.1, -0.05) is 23.7 Å². The van der Waals surface area contributed by atoms with Crippen LogP contribution in [0.15, 0.2) is 53.5 Å². The first-order chi connectivity index (χ1) is 13.6. The standard InChI is InChI=1S/C22H23ClN4O/c1-14-12-26-22-15(9-16(23)10-18(14)22)13-24-7-4-8-25-21-11-20(28)17-5-2-3-6-19(17)27-21/h2-3,5-6,9-12,24,26H,4,7-8,13H2,1H3,(H2,25,27,28). The van der Waals surface area contributed by atoms with Gasteiger partial charge in [0.25, 0.3) is 0 Å². The Bertz CT molecular complexity index is 1180. The molecule has 4 aromatic rings. The second-order valence-electron chi connectivity index (χ2n) is 7.01. The van der Waals surface area contributed by atoms with E-state index in [1.54, 1.807) is 6.07 Å². The van der Waals surface area contributed by atoms with E-state index in [1.165, 1.54) is 16.5 Å². The quantitative estimate of drug-likeness (QED) is 0.347. The molecule has 2 aromatic carbocycles. The van der Waals surface area contributed by atoms with Crippen molar-refractivity contribution >= 4 is 39.2 Å². The Morgan fingerprint density at radius 3 is 2.82 bits per heavy atom. The van der Waals surface area contributed by atoms with E-state index >= 15 is 0 Å². The number of anilines is 1. The van der Waals surface area contributed by atoms with Crippen LogP contribution in [0.5, 0.6) is 0 Å². The third-order valence-electron chi connectivity index (χ3n) is 4.94. The number of H-pyrrole nitrogens is 2. The highest BCUT2D eigenvalue weighted by Crippen LogP contribution is 2.25. The van der Waals surface area contributed by atoms with Crippen molar-refractivity contribution in [2.24, 2.45) is 0 Å². The van der Waals surface area contributed by atoms with E-state index in [2.05, 4.69) is 27.5 Å². The van der Waals surface area contributed by atoms with Crippen LogP contribution in [-0.4, -0.2) is 23.1 Å². The fourth-order valence-electron chi connectivity index (χ4n) is 3.49. The Hall–Kier alpha value is -2.76. The van der Waals surface area contributed by atoms with Crippen molar-refractivity contribution in [3.05, 3.63) is 75.0 Å². The second kappa shape index (κ2) is 8.09. The van der Waals surface area contributed by atoms with Gasteiger partial charge in [0, 0.05) is 41.1 Å². The van der Waals surface area contributed by atoms with Crippen LogP contribution in [0.25, 0.3) is 21.8 Å². The Labute approximate surface area is 168 Å². The van der Waals surface area contributed by atoms with Gasteiger partial charge in [-0.05, 0) is 55.3 Å². The third-order valence-corrected chi connectivity index (χ3v) is 5.16. The van der Waals surface area contributed by atoms with Crippen LogP contribution in [0.3, 0.4) is 0 Å². The van der Waals surface area contributed by atoms with Gasteiger partial charge in [-0.3, -0.25) is 4.79 Å². The highest BCUT2D eigenvalue weighted by atomic mass is 35.5. The van der Waals surface area contributed by atoms with Crippen molar-refractivity contribution in [2.75, 3.05) is 18.4 Å². The summed E-state index contributed by atoms with van der Waals surface area (Å²) in [5, 5.41) is 9.40. The number of pyridine rings is 1. The fourth-order valence-corrected chi connectivity index (χ4v) is 3.73. The smallest absolute Gasteiger partial charge is 0.191 e. The number of rotatable bonds is 7. The molecule has 28 heavy (non-hydrogen) atoms. The molecule has 0 aliphatic heterocycles. The number of benzene rings is 2. The molecule has 0 saturated heterocycles. The monoisotopic (exact) mass is 394 g/mol. The van der Waals surface area contributed by atoms with E-state index in [4.69, 9.17) is 11.6 Å². The molecule has 0 amide bonds. The Balaban J connectivity index is 1.30. The molecule has 0 saturated carbocycles. The van der Waals surface area contributed by atoms with Gasteiger partial charge in [0.15, 0.2) is 5.43 Å². The van der Waals surface area contributed by atoms with Crippen LogP contribution in [0.1, 0.15) is 17.5 Å². The van der Waals surface area contributed by atoms with E-state index in [0.717, 1.165) is 47.9 Å². The maximum atomic E-state index is 12.1. The van der Waals surface area contributed by atoms with E-state index < -0.39 is 0 Å². The molecule has 6 heteroatoms. The first-order valence-corrected chi connectivity index (χ1v) is 9.82. The van der Waals surface area contributed by atoms with Crippen LogP contribution in [0.2, 0.25) is 5.02 Å². The molecule has 2 heterocycles. The number of aryl methyl sites for hydroxylation is 1.